The lowest BCUT2D eigenvalue weighted by Crippen LogP contribution is -2.16. The van der Waals surface area contributed by atoms with Crippen molar-refractivity contribution in [3.63, 3.8) is 0 Å². The van der Waals surface area contributed by atoms with Crippen LogP contribution in [0.25, 0.3) is 32.6 Å². The number of nitrogens with two attached hydrogens (primary N) is 1. The van der Waals surface area contributed by atoms with Crippen molar-refractivity contribution in [3.05, 3.63) is 77.2 Å². The van der Waals surface area contributed by atoms with E-state index in [4.69, 9.17) is 27.1 Å². The fourth-order valence-electron chi connectivity index (χ4n) is 4.41. The molecular formula is C28H29ClN6O2. The van der Waals surface area contributed by atoms with E-state index >= 15 is 0 Å². The van der Waals surface area contributed by atoms with Crippen LogP contribution in [0.4, 0.5) is 5.82 Å². The Morgan fingerprint density at radius 2 is 1.92 bits per heavy atom. The minimum absolute atomic E-state index is 0.429. The molecule has 0 saturated carbocycles. The number of primary amides is 1. The summed E-state index contributed by atoms with van der Waals surface area (Å²) in [6.45, 7) is 3.60. The maximum absolute atomic E-state index is 11.6. The van der Waals surface area contributed by atoms with Crippen LogP contribution in [-0.4, -0.2) is 47.2 Å². The van der Waals surface area contributed by atoms with Crippen LogP contribution in [0.5, 0.6) is 0 Å². The van der Waals surface area contributed by atoms with Crippen molar-refractivity contribution in [1.29, 1.82) is 0 Å². The van der Waals surface area contributed by atoms with E-state index < -0.39 is 5.91 Å². The Bertz CT molecular complexity index is 1550. The SMILES string of the molecule is NC(=O)c1ccc2c(c1)nc(NCCOCCCCNCc1cc3ccc(Cl)cc3[nH]1)c1ccncc12. The fourth-order valence-corrected chi connectivity index (χ4v) is 4.58. The van der Waals surface area contributed by atoms with Gasteiger partial charge in [-0.15, -0.1) is 0 Å². The highest BCUT2D eigenvalue weighted by atomic mass is 35.5. The highest BCUT2D eigenvalue weighted by Gasteiger charge is 2.10. The quantitative estimate of drug-likeness (QED) is 0.137. The van der Waals surface area contributed by atoms with Crippen LogP contribution >= 0.6 is 11.6 Å². The average Bonchev–Trinajstić information content (AvgIpc) is 3.31. The number of nitrogens with one attached hydrogen (secondary N) is 3. The number of amides is 1. The molecule has 190 valence electrons. The van der Waals surface area contributed by atoms with Gasteiger partial charge in [0, 0.05) is 70.0 Å². The highest BCUT2D eigenvalue weighted by Crippen LogP contribution is 2.29. The second-order valence-electron chi connectivity index (χ2n) is 8.93. The molecular weight excluding hydrogens is 488 g/mol. The van der Waals surface area contributed by atoms with Crippen LogP contribution < -0.4 is 16.4 Å². The molecule has 8 nitrogen and oxygen atoms in total. The lowest BCUT2D eigenvalue weighted by Gasteiger charge is -2.12. The molecule has 0 aliphatic carbocycles. The molecule has 0 unspecified atom stereocenters. The number of nitrogens with zero attached hydrogens (tertiary/aromatic N) is 2. The van der Waals surface area contributed by atoms with Crippen molar-refractivity contribution in [2.75, 3.05) is 31.6 Å². The Morgan fingerprint density at radius 1 is 1.00 bits per heavy atom. The molecule has 5 N–H and O–H groups in total. The Balaban J connectivity index is 1.05. The molecule has 3 aromatic heterocycles. The number of fused-ring (bicyclic) bond motifs is 4. The first kappa shape index (κ1) is 25.0. The number of unbranched alkanes of at least 4 members (excludes halogenated alkanes) is 1. The molecule has 3 heterocycles. The third kappa shape index (κ3) is 5.99. The second kappa shape index (κ2) is 11.6. The summed E-state index contributed by atoms with van der Waals surface area (Å²) in [5.41, 5.74) is 8.78. The first-order valence-electron chi connectivity index (χ1n) is 12.4. The van der Waals surface area contributed by atoms with Crippen LogP contribution in [-0.2, 0) is 11.3 Å². The van der Waals surface area contributed by atoms with Crippen LogP contribution in [0.2, 0.25) is 5.02 Å². The van der Waals surface area contributed by atoms with E-state index in [1.165, 1.54) is 5.39 Å². The minimum atomic E-state index is -0.476. The second-order valence-corrected chi connectivity index (χ2v) is 9.36. The number of benzene rings is 2. The molecule has 0 radical (unpaired) electrons. The zero-order valence-electron chi connectivity index (χ0n) is 20.4. The van der Waals surface area contributed by atoms with Crippen LogP contribution in [0.15, 0.2) is 60.9 Å². The van der Waals surface area contributed by atoms with E-state index in [0.29, 0.717) is 30.8 Å². The zero-order valence-corrected chi connectivity index (χ0v) is 21.1. The van der Waals surface area contributed by atoms with Gasteiger partial charge >= 0.3 is 0 Å². The van der Waals surface area contributed by atoms with E-state index in [9.17, 15) is 4.79 Å². The third-order valence-corrected chi connectivity index (χ3v) is 6.50. The summed E-state index contributed by atoms with van der Waals surface area (Å²) in [6, 6.07) is 15.3. The molecule has 37 heavy (non-hydrogen) atoms. The van der Waals surface area contributed by atoms with Gasteiger partial charge in [-0.2, -0.15) is 0 Å². The van der Waals surface area contributed by atoms with Gasteiger partial charge in [0.15, 0.2) is 0 Å². The third-order valence-electron chi connectivity index (χ3n) is 6.27. The van der Waals surface area contributed by atoms with Gasteiger partial charge in [-0.3, -0.25) is 9.78 Å². The number of hydrogen-bond donors (Lipinski definition) is 4. The summed E-state index contributed by atoms with van der Waals surface area (Å²) in [6.07, 6.45) is 5.57. The zero-order chi connectivity index (χ0) is 25.6. The first-order valence-corrected chi connectivity index (χ1v) is 12.7. The number of ether oxygens (including phenoxy) is 1. The van der Waals surface area contributed by atoms with Crippen molar-refractivity contribution in [2.45, 2.75) is 19.4 Å². The number of rotatable bonds is 12. The molecule has 9 heteroatoms. The topological polar surface area (TPSA) is 118 Å². The number of carbonyl (C=O) groups is 1. The Hall–Kier alpha value is -3.72. The van der Waals surface area contributed by atoms with E-state index in [1.807, 2.05) is 36.5 Å². The molecule has 0 aliphatic rings. The number of halogens is 1. The maximum Gasteiger partial charge on any atom is 0.248 e. The molecule has 5 rings (SSSR count). The van der Waals surface area contributed by atoms with E-state index in [0.717, 1.165) is 64.1 Å². The van der Waals surface area contributed by atoms with Gasteiger partial charge in [-0.05, 0) is 61.2 Å². The number of aromatic nitrogens is 3. The summed E-state index contributed by atoms with van der Waals surface area (Å²) in [7, 11) is 0. The summed E-state index contributed by atoms with van der Waals surface area (Å²) in [5.74, 6) is 0.259. The molecule has 1 amide bonds. The molecule has 0 fully saturated rings. The largest absolute Gasteiger partial charge is 0.380 e. The summed E-state index contributed by atoms with van der Waals surface area (Å²) >= 11 is 6.05. The molecule has 2 aromatic carbocycles. The van der Waals surface area contributed by atoms with E-state index in [-0.39, 0.29) is 0 Å². The number of hydrogen-bond acceptors (Lipinski definition) is 6. The van der Waals surface area contributed by atoms with Gasteiger partial charge in [0.05, 0.1) is 12.1 Å². The number of aromatic amines is 1. The fraction of sp³-hybridized carbons (Fsp3) is 0.250. The van der Waals surface area contributed by atoms with Gasteiger partial charge in [0.2, 0.25) is 5.91 Å². The van der Waals surface area contributed by atoms with Crippen molar-refractivity contribution >= 4 is 55.9 Å². The molecule has 0 atom stereocenters. The van der Waals surface area contributed by atoms with E-state index in [2.05, 4.69) is 26.7 Å². The Morgan fingerprint density at radius 3 is 2.81 bits per heavy atom. The summed E-state index contributed by atoms with van der Waals surface area (Å²) < 4.78 is 5.81. The van der Waals surface area contributed by atoms with E-state index in [1.54, 1.807) is 18.3 Å². The minimum Gasteiger partial charge on any atom is -0.380 e. The standard InChI is InChI=1S/C28H29ClN6O2/c29-20-5-3-18-13-21(34-25(18)15-20)16-31-8-1-2-11-37-12-10-33-28-23-7-9-32-17-24(23)22-6-4-19(27(30)36)14-26(22)35-28/h3-7,9,13-15,17,31,34H,1-2,8,10-12,16H2,(H2,30,36)(H,33,35). The predicted octanol–water partition coefficient (Wildman–Crippen LogP) is 5.02. The lowest BCUT2D eigenvalue weighted by atomic mass is 10.1. The van der Waals surface area contributed by atoms with Gasteiger partial charge < -0.3 is 26.1 Å². The number of H-pyrrole nitrogens is 1. The molecule has 0 saturated heterocycles. The number of carbonyl (C=O) groups excluding carboxylic acids is 1. The summed E-state index contributed by atoms with van der Waals surface area (Å²) in [4.78, 5) is 24.0. The average molecular weight is 517 g/mol. The van der Waals surface area contributed by atoms with Gasteiger partial charge in [0.25, 0.3) is 0 Å². The van der Waals surface area contributed by atoms with Crippen molar-refractivity contribution in [3.8, 4) is 0 Å². The van der Waals surface area contributed by atoms with Crippen LogP contribution in [0, 0.1) is 0 Å². The highest BCUT2D eigenvalue weighted by molar-refractivity contribution is 6.31. The Labute approximate surface area is 219 Å². The predicted molar refractivity (Wildman–Crippen MR) is 149 cm³/mol. The van der Waals surface area contributed by atoms with Crippen molar-refractivity contribution < 1.29 is 9.53 Å². The van der Waals surface area contributed by atoms with Crippen LogP contribution in [0.1, 0.15) is 28.9 Å². The van der Waals surface area contributed by atoms with Crippen molar-refractivity contribution in [2.24, 2.45) is 5.73 Å². The summed E-state index contributed by atoms with van der Waals surface area (Å²) in [5, 5.41) is 11.6. The smallest absolute Gasteiger partial charge is 0.248 e. The first-order chi connectivity index (χ1) is 18.1. The maximum atomic E-state index is 11.6. The molecule has 0 bridgehead atoms. The number of anilines is 1. The Kier molecular flexibility index (Phi) is 7.79. The van der Waals surface area contributed by atoms with Crippen molar-refractivity contribution in [1.82, 2.24) is 20.3 Å². The number of pyridine rings is 2. The van der Waals surface area contributed by atoms with Gasteiger partial charge in [-0.25, -0.2) is 4.98 Å². The van der Waals surface area contributed by atoms with Gasteiger partial charge in [-0.1, -0.05) is 23.7 Å². The molecule has 0 spiro atoms. The normalized spacial score (nSPS) is 11.5. The lowest BCUT2D eigenvalue weighted by molar-refractivity contribution is 0.100. The van der Waals surface area contributed by atoms with Crippen LogP contribution in [0.3, 0.4) is 0 Å². The molecule has 5 aromatic rings. The monoisotopic (exact) mass is 516 g/mol. The molecule has 0 aliphatic heterocycles. The van der Waals surface area contributed by atoms with Gasteiger partial charge in [0.1, 0.15) is 5.82 Å².